The number of hydrogen-bond acceptors (Lipinski definition) is 6. The minimum absolute atomic E-state index is 0.00644. The summed E-state index contributed by atoms with van der Waals surface area (Å²) in [7, 11) is 0. The molecule has 3 rings (SSSR count). The minimum atomic E-state index is -0.811. The average Bonchev–Trinajstić information content (AvgIpc) is 3.49. The van der Waals surface area contributed by atoms with Gasteiger partial charge in [-0.25, -0.2) is 4.79 Å². The molecular formula is C19H18ClN3O5. The lowest BCUT2D eigenvalue weighted by Gasteiger charge is -2.09. The van der Waals surface area contributed by atoms with Crippen LogP contribution in [-0.2, 0) is 16.1 Å². The van der Waals surface area contributed by atoms with Crippen LogP contribution in [0, 0.1) is 10.1 Å². The van der Waals surface area contributed by atoms with Crippen molar-refractivity contribution in [3.63, 3.8) is 0 Å². The van der Waals surface area contributed by atoms with E-state index in [1.54, 1.807) is 24.3 Å². The van der Waals surface area contributed by atoms with Crippen molar-refractivity contribution in [2.75, 3.05) is 11.9 Å². The number of nitro benzene ring substituents is 1. The van der Waals surface area contributed by atoms with Crippen LogP contribution in [0.4, 0.5) is 11.4 Å². The van der Waals surface area contributed by atoms with Crippen molar-refractivity contribution >= 4 is 34.9 Å². The van der Waals surface area contributed by atoms with Gasteiger partial charge in [-0.05, 0) is 36.6 Å². The van der Waals surface area contributed by atoms with E-state index in [4.69, 9.17) is 16.3 Å². The number of amides is 1. The van der Waals surface area contributed by atoms with Gasteiger partial charge in [0.2, 0.25) is 0 Å². The number of esters is 1. The van der Waals surface area contributed by atoms with E-state index in [0.29, 0.717) is 10.7 Å². The molecule has 1 aliphatic rings. The van der Waals surface area contributed by atoms with Gasteiger partial charge in [0.25, 0.3) is 11.6 Å². The first-order valence-electron chi connectivity index (χ1n) is 8.66. The maximum atomic E-state index is 12.1. The lowest BCUT2D eigenvalue weighted by molar-refractivity contribution is -0.384. The first-order valence-corrected chi connectivity index (χ1v) is 9.04. The van der Waals surface area contributed by atoms with Gasteiger partial charge < -0.3 is 15.4 Å². The van der Waals surface area contributed by atoms with Crippen LogP contribution in [0.3, 0.4) is 0 Å². The third kappa shape index (κ3) is 5.20. The van der Waals surface area contributed by atoms with Crippen molar-refractivity contribution in [1.29, 1.82) is 0 Å². The third-order valence-corrected chi connectivity index (χ3v) is 4.50. The number of hydrogen-bond donors (Lipinski definition) is 2. The number of carbonyl (C=O) groups excluding carboxylic acids is 2. The van der Waals surface area contributed by atoms with Crippen LogP contribution in [0.25, 0.3) is 0 Å². The number of carbonyl (C=O) groups is 2. The highest BCUT2D eigenvalue weighted by atomic mass is 35.5. The molecule has 0 aliphatic heterocycles. The molecule has 1 saturated carbocycles. The van der Waals surface area contributed by atoms with Gasteiger partial charge in [0.05, 0.1) is 10.5 Å². The highest BCUT2D eigenvalue weighted by Crippen LogP contribution is 2.31. The second kappa shape index (κ2) is 8.71. The van der Waals surface area contributed by atoms with Gasteiger partial charge in [0.1, 0.15) is 5.69 Å². The fourth-order valence-electron chi connectivity index (χ4n) is 2.48. The van der Waals surface area contributed by atoms with Crippen molar-refractivity contribution in [2.45, 2.75) is 25.4 Å². The zero-order valence-corrected chi connectivity index (χ0v) is 15.6. The van der Waals surface area contributed by atoms with Crippen molar-refractivity contribution in [3.05, 3.63) is 68.7 Å². The van der Waals surface area contributed by atoms with Crippen LogP contribution >= 0.6 is 11.6 Å². The highest BCUT2D eigenvalue weighted by molar-refractivity contribution is 6.31. The van der Waals surface area contributed by atoms with Crippen molar-refractivity contribution in [1.82, 2.24) is 5.32 Å². The molecule has 9 heteroatoms. The average molecular weight is 404 g/mol. The molecule has 2 N–H and O–H groups in total. The van der Waals surface area contributed by atoms with Crippen LogP contribution in [0.1, 0.15) is 28.8 Å². The molecular weight excluding hydrogens is 386 g/mol. The number of halogens is 1. The van der Waals surface area contributed by atoms with Crippen LogP contribution in [-0.4, -0.2) is 29.4 Å². The molecule has 0 aromatic heterocycles. The molecule has 0 atom stereocenters. The van der Waals surface area contributed by atoms with Crippen LogP contribution in [0.2, 0.25) is 5.02 Å². The summed E-state index contributed by atoms with van der Waals surface area (Å²) in [6, 6.07) is 11.3. The molecule has 0 saturated heterocycles. The second-order valence-electron chi connectivity index (χ2n) is 6.35. The molecule has 2 aromatic rings. The number of rotatable bonds is 8. The van der Waals surface area contributed by atoms with Crippen molar-refractivity contribution < 1.29 is 19.2 Å². The monoisotopic (exact) mass is 403 g/mol. The Hall–Kier alpha value is -3.13. The molecule has 0 heterocycles. The Bertz CT molecular complexity index is 914. The summed E-state index contributed by atoms with van der Waals surface area (Å²) in [5, 5.41) is 17.4. The predicted molar refractivity (Wildman–Crippen MR) is 103 cm³/mol. The quantitative estimate of drug-likeness (QED) is 0.397. The third-order valence-electron chi connectivity index (χ3n) is 4.14. The number of nitro groups is 1. The summed E-state index contributed by atoms with van der Waals surface area (Å²) in [4.78, 5) is 34.7. The Labute approximate surface area is 166 Å². The zero-order chi connectivity index (χ0) is 20.1. The van der Waals surface area contributed by atoms with E-state index < -0.39 is 23.4 Å². The lowest BCUT2D eigenvalue weighted by Crippen LogP contribution is -2.28. The Morgan fingerprint density at radius 2 is 1.96 bits per heavy atom. The zero-order valence-electron chi connectivity index (χ0n) is 14.8. The van der Waals surface area contributed by atoms with Gasteiger partial charge in [0, 0.05) is 23.7 Å². The largest absolute Gasteiger partial charge is 0.452 e. The molecule has 0 spiro atoms. The first kappa shape index (κ1) is 19.6. The fraction of sp³-hybridized carbons (Fsp3) is 0.263. The smallest absolute Gasteiger partial charge is 0.338 e. The number of nitrogens with one attached hydrogen (secondary N) is 2. The normalized spacial score (nSPS) is 12.9. The number of benzene rings is 2. The summed E-state index contributed by atoms with van der Waals surface area (Å²) in [6.07, 6.45) is 1.93. The van der Waals surface area contributed by atoms with Crippen LogP contribution < -0.4 is 10.6 Å². The molecule has 146 valence electrons. The molecule has 28 heavy (non-hydrogen) atoms. The number of ether oxygens (including phenoxy) is 1. The second-order valence-corrected chi connectivity index (χ2v) is 6.76. The topological polar surface area (TPSA) is 111 Å². The molecule has 1 aliphatic carbocycles. The van der Waals surface area contributed by atoms with E-state index in [2.05, 4.69) is 10.6 Å². The highest BCUT2D eigenvalue weighted by Gasteiger charge is 2.26. The Balaban J connectivity index is 1.55. The molecule has 1 fully saturated rings. The van der Waals surface area contributed by atoms with E-state index in [1.165, 1.54) is 12.1 Å². The summed E-state index contributed by atoms with van der Waals surface area (Å²) in [5.74, 6) is -1.32. The molecule has 0 unspecified atom stereocenters. The van der Waals surface area contributed by atoms with Gasteiger partial charge in [0.15, 0.2) is 6.61 Å². The van der Waals surface area contributed by atoms with Gasteiger partial charge in [-0.2, -0.15) is 0 Å². The standard InChI is InChI=1S/C19H18ClN3O5/c20-15-4-2-1-3-13(15)10-21-18(24)11-28-19(25)12-5-8-16(22-14-6-7-14)17(9-12)23(26)27/h1-5,8-9,14,22H,6-7,10-11H2,(H,21,24). The minimum Gasteiger partial charge on any atom is -0.452 e. The molecule has 0 bridgehead atoms. The van der Waals surface area contributed by atoms with E-state index >= 15 is 0 Å². The van der Waals surface area contributed by atoms with Crippen molar-refractivity contribution in [2.24, 2.45) is 0 Å². The summed E-state index contributed by atoms with van der Waals surface area (Å²) in [6.45, 7) is -0.303. The number of nitrogens with zero attached hydrogens (tertiary/aromatic N) is 1. The van der Waals surface area contributed by atoms with Crippen molar-refractivity contribution in [3.8, 4) is 0 Å². The van der Waals surface area contributed by atoms with E-state index in [1.807, 2.05) is 0 Å². The maximum Gasteiger partial charge on any atom is 0.338 e. The predicted octanol–water partition coefficient (Wildman–Crippen LogP) is 3.30. The first-order chi connectivity index (χ1) is 13.4. The van der Waals surface area contributed by atoms with Crippen LogP contribution in [0.15, 0.2) is 42.5 Å². The SMILES string of the molecule is O=C(COC(=O)c1ccc(NC2CC2)c([N+](=O)[O-])c1)NCc1ccccc1Cl. The van der Waals surface area contributed by atoms with E-state index in [9.17, 15) is 19.7 Å². The van der Waals surface area contributed by atoms with Gasteiger partial charge in [-0.1, -0.05) is 29.8 Å². The number of anilines is 1. The maximum absolute atomic E-state index is 12.1. The van der Waals surface area contributed by atoms with Gasteiger partial charge >= 0.3 is 5.97 Å². The Morgan fingerprint density at radius 3 is 2.64 bits per heavy atom. The Kier molecular flexibility index (Phi) is 6.10. The van der Waals surface area contributed by atoms with E-state index in [-0.39, 0.29) is 23.8 Å². The molecule has 2 aromatic carbocycles. The van der Waals surface area contributed by atoms with Gasteiger partial charge in [-0.3, -0.25) is 14.9 Å². The molecule has 0 radical (unpaired) electrons. The lowest BCUT2D eigenvalue weighted by atomic mass is 10.1. The summed E-state index contributed by atoms with van der Waals surface area (Å²) < 4.78 is 4.95. The molecule has 8 nitrogen and oxygen atoms in total. The van der Waals surface area contributed by atoms with Gasteiger partial charge in [-0.15, -0.1) is 0 Å². The Morgan fingerprint density at radius 1 is 1.21 bits per heavy atom. The fourth-order valence-corrected chi connectivity index (χ4v) is 2.68. The summed E-state index contributed by atoms with van der Waals surface area (Å²) >= 11 is 6.01. The van der Waals surface area contributed by atoms with E-state index in [0.717, 1.165) is 24.5 Å². The summed E-state index contributed by atoms with van der Waals surface area (Å²) in [5.41, 5.74) is 0.899. The molecule has 1 amide bonds. The van der Waals surface area contributed by atoms with Crippen LogP contribution in [0.5, 0.6) is 0 Å².